The molecule has 0 spiro atoms. The Morgan fingerprint density at radius 3 is 2.64 bits per heavy atom. The molecular weight excluding hydrogens is 356 g/mol. The molecule has 0 radical (unpaired) electrons. The number of nitrogens with zero attached hydrogens (tertiary/aromatic N) is 4. The minimum atomic E-state index is -0.709. The van der Waals surface area contributed by atoms with Gasteiger partial charge in [-0.05, 0) is 43.4 Å². The first-order chi connectivity index (χ1) is 13.2. The van der Waals surface area contributed by atoms with Gasteiger partial charge in [0, 0.05) is 24.4 Å². The second-order valence-electron chi connectivity index (χ2n) is 7.78. The van der Waals surface area contributed by atoms with Crippen molar-refractivity contribution in [3.63, 3.8) is 0 Å². The molecular formula is C21H28N4O3. The number of carbonyl (C=O) groups is 1. The van der Waals surface area contributed by atoms with Crippen LogP contribution in [-0.2, 0) is 29.1 Å². The quantitative estimate of drug-likeness (QED) is 0.388. The van der Waals surface area contributed by atoms with Crippen molar-refractivity contribution in [1.82, 2.24) is 14.7 Å². The molecule has 0 fully saturated rings. The van der Waals surface area contributed by atoms with Crippen LogP contribution in [0.15, 0.2) is 16.2 Å². The third-order valence-corrected chi connectivity index (χ3v) is 4.23. The number of hydrogen-bond donors (Lipinski definition) is 0. The lowest BCUT2D eigenvalue weighted by atomic mass is 10.1. The highest BCUT2D eigenvalue weighted by Gasteiger charge is 2.16. The Morgan fingerprint density at radius 2 is 2.04 bits per heavy atom. The van der Waals surface area contributed by atoms with Crippen LogP contribution in [0, 0.1) is 37.0 Å². The van der Waals surface area contributed by atoms with Crippen molar-refractivity contribution in [2.24, 2.45) is 11.8 Å². The molecule has 0 N–H and O–H groups in total. The summed E-state index contributed by atoms with van der Waals surface area (Å²) in [5, 5.41) is 13.2. The number of ether oxygens (including phenoxy) is 1. The van der Waals surface area contributed by atoms with Gasteiger partial charge in [-0.25, -0.2) is 4.79 Å². The minimum Gasteiger partial charge on any atom is -0.451 e. The van der Waals surface area contributed by atoms with Crippen molar-refractivity contribution < 1.29 is 14.1 Å². The van der Waals surface area contributed by atoms with Crippen molar-refractivity contribution in [2.45, 2.75) is 61.1 Å². The van der Waals surface area contributed by atoms with Gasteiger partial charge in [0.1, 0.15) is 11.6 Å². The van der Waals surface area contributed by atoms with Gasteiger partial charge in [0.05, 0.1) is 0 Å². The van der Waals surface area contributed by atoms with Gasteiger partial charge in [-0.15, -0.1) is 0 Å². The van der Waals surface area contributed by atoms with E-state index in [0.29, 0.717) is 24.1 Å². The molecule has 2 aromatic heterocycles. The van der Waals surface area contributed by atoms with E-state index in [0.717, 1.165) is 23.5 Å². The van der Waals surface area contributed by atoms with Crippen LogP contribution in [0.3, 0.4) is 0 Å². The maximum atomic E-state index is 12.3. The average molecular weight is 384 g/mol. The first-order valence-corrected chi connectivity index (χ1v) is 9.48. The van der Waals surface area contributed by atoms with Gasteiger partial charge < -0.3 is 13.8 Å². The van der Waals surface area contributed by atoms with E-state index in [1.165, 1.54) is 0 Å². The van der Waals surface area contributed by atoms with E-state index in [-0.39, 0.29) is 18.1 Å². The molecule has 7 nitrogen and oxygen atoms in total. The number of aromatic nitrogens is 3. The van der Waals surface area contributed by atoms with Crippen LogP contribution in [0.2, 0.25) is 0 Å². The molecule has 0 bridgehead atoms. The fourth-order valence-electron chi connectivity index (χ4n) is 2.91. The maximum absolute atomic E-state index is 12.3. The Balaban J connectivity index is 2.09. The van der Waals surface area contributed by atoms with E-state index >= 15 is 0 Å². The Hall–Kier alpha value is -2.88. The molecule has 0 aliphatic rings. The topological polar surface area (TPSA) is 93.9 Å². The lowest BCUT2D eigenvalue weighted by molar-refractivity contribution is -0.140. The molecule has 0 saturated heterocycles. The summed E-state index contributed by atoms with van der Waals surface area (Å²) >= 11 is 0. The van der Waals surface area contributed by atoms with Gasteiger partial charge >= 0.3 is 5.97 Å². The van der Waals surface area contributed by atoms with E-state index in [9.17, 15) is 10.1 Å². The number of rotatable bonds is 8. The number of nitriles is 1. The number of carbonyl (C=O) groups excluding carboxylic acids is 1. The molecule has 0 aromatic carbocycles. The molecule has 2 heterocycles. The van der Waals surface area contributed by atoms with Gasteiger partial charge in [-0.1, -0.05) is 32.9 Å². The summed E-state index contributed by atoms with van der Waals surface area (Å²) in [6.45, 7) is 13.1. The smallest absolute Gasteiger partial charge is 0.349 e. The fourth-order valence-corrected chi connectivity index (χ4v) is 2.91. The van der Waals surface area contributed by atoms with Crippen molar-refractivity contribution in [1.29, 1.82) is 5.26 Å². The zero-order valence-electron chi connectivity index (χ0n) is 17.4. The highest BCUT2D eigenvalue weighted by Crippen LogP contribution is 2.20. The second kappa shape index (κ2) is 9.36. The van der Waals surface area contributed by atoms with E-state index in [4.69, 9.17) is 9.26 Å². The van der Waals surface area contributed by atoms with Crippen LogP contribution >= 0.6 is 0 Å². The largest absolute Gasteiger partial charge is 0.451 e. The monoisotopic (exact) mass is 384 g/mol. The number of hydrogen-bond acceptors (Lipinski definition) is 6. The lowest BCUT2D eigenvalue weighted by Gasteiger charge is -2.12. The molecule has 2 aromatic rings. The Morgan fingerprint density at radius 1 is 1.32 bits per heavy atom. The van der Waals surface area contributed by atoms with Crippen LogP contribution in [-0.4, -0.2) is 20.7 Å². The minimum absolute atomic E-state index is 0.0632. The number of esters is 1. The third-order valence-electron chi connectivity index (χ3n) is 4.23. The van der Waals surface area contributed by atoms with E-state index in [1.807, 2.05) is 26.0 Å². The molecule has 7 heteroatoms. The number of aryl methyl sites for hydroxylation is 1. The summed E-state index contributed by atoms with van der Waals surface area (Å²) in [5.41, 5.74) is 2.88. The fraction of sp³-hybridized carbons (Fsp3) is 0.524. The van der Waals surface area contributed by atoms with Crippen LogP contribution in [0.5, 0.6) is 0 Å². The molecule has 0 atom stereocenters. The summed E-state index contributed by atoms with van der Waals surface area (Å²) < 4.78 is 12.4. The highest BCUT2D eigenvalue weighted by molar-refractivity contribution is 5.98. The van der Waals surface area contributed by atoms with E-state index < -0.39 is 5.97 Å². The molecule has 150 valence electrons. The maximum Gasteiger partial charge on any atom is 0.349 e. The predicted molar refractivity (Wildman–Crippen MR) is 105 cm³/mol. The van der Waals surface area contributed by atoms with Crippen molar-refractivity contribution >= 4 is 12.0 Å². The van der Waals surface area contributed by atoms with Gasteiger partial charge in [-0.3, -0.25) is 0 Å². The molecule has 0 unspecified atom stereocenters. The summed E-state index contributed by atoms with van der Waals surface area (Å²) in [7, 11) is 0. The van der Waals surface area contributed by atoms with Gasteiger partial charge in [0.2, 0.25) is 0 Å². The van der Waals surface area contributed by atoms with Crippen LogP contribution in [0.4, 0.5) is 0 Å². The van der Waals surface area contributed by atoms with Crippen molar-refractivity contribution in [2.75, 3.05) is 0 Å². The molecule has 0 aliphatic carbocycles. The summed E-state index contributed by atoms with van der Waals surface area (Å²) in [5.74, 6) is 0.985. The molecule has 0 aliphatic heterocycles. The molecule has 0 saturated carbocycles. The first kappa shape index (κ1) is 21.4. The highest BCUT2D eigenvalue weighted by atomic mass is 16.6. The zero-order chi connectivity index (χ0) is 20.8. The van der Waals surface area contributed by atoms with Crippen molar-refractivity contribution in [3.05, 3.63) is 40.3 Å². The Kier molecular flexibility index (Phi) is 7.16. The average Bonchev–Trinajstić information content (AvgIpc) is 3.16. The SMILES string of the molecule is Cc1cc(/C=C(\C#N)C(=O)OCc2nc(CC(C)C)no2)c(C)n1CC(C)C. The van der Waals surface area contributed by atoms with E-state index in [1.54, 1.807) is 6.08 Å². The summed E-state index contributed by atoms with van der Waals surface area (Å²) in [4.78, 5) is 16.5. The van der Waals surface area contributed by atoms with Crippen LogP contribution in [0.1, 0.15) is 56.4 Å². The third kappa shape index (κ3) is 5.56. The van der Waals surface area contributed by atoms with Crippen molar-refractivity contribution in [3.8, 4) is 6.07 Å². The lowest BCUT2D eigenvalue weighted by Crippen LogP contribution is -2.08. The first-order valence-electron chi connectivity index (χ1n) is 9.48. The molecule has 0 amide bonds. The molecule has 28 heavy (non-hydrogen) atoms. The second-order valence-corrected chi connectivity index (χ2v) is 7.78. The standard InChI is InChI=1S/C21H28N4O3/c1-13(2)7-19-23-20(28-24-19)12-27-21(26)18(10-22)9-17-8-15(5)25(16(17)6)11-14(3)4/h8-9,13-14H,7,11-12H2,1-6H3/b18-9+. The van der Waals surface area contributed by atoms with Gasteiger partial charge in [-0.2, -0.15) is 10.2 Å². The zero-order valence-corrected chi connectivity index (χ0v) is 17.4. The summed E-state index contributed by atoms with van der Waals surface area (Å²) in [6.07, 6.45) is 2.26. The Bertz CT molecular complexity index is 897. The Labute approximate surface area is 166 Å². The normalized spacial score (nSPS) is 11.9. The van der Waals surface area contributed by atoms with Gasteiger partial charge in [0.15, 0.2) is 12.4 Å². The van der Waals surface area contributed by atoms with E-state index in [2.05, 4.69) is 42.4 Å². The van der Waals surface area contributed by atoms with Gasteiger partial charge in [0.25, 0.3) is 5.89 Å². The summed E-state index contributed by atoms with van der Waals surface area (Å²) in [6, 6.07) is 3.90. The predicted octanol–water partition coefficient (Wildman–Crippen LogP) is 3.99. The molecule has 2 rings (SSSR count). The van der Waals surface area contributed by atoms with Crippen LogP contribution in [0.25, 0.3) is 6.08 Å². The van der Waals surface area contributed by atoms with Crippen LogP contribution < -0.4 is 0 Å².